The van der Waals surface area contributed by atoms with Crippen LogP contribution in [0.15, 0.2) is 0 Å². The smallest absolute Gasteiger partial charge is 0.283 e. The third-order valence-corrected chi connectivity index (χ3v) is 3.32. The number of nitrogens with two attached hydrogens (primary N) is 1. The molecule has 4 N–H and O–H groups in total. The monoisotopic (exact) mass is 187 g/mol. The number of aliphatic hydroxyl groups is 1. The standard InChI is InChI=1S/C3H9NO4S2/c4-1-3(9,2-5)10(6,7)8/h5,9H,1-2,4H2,(H,6,7,8). The van der Waals surface area contributed by atoms with Crippen molar-refractivity contribution in [3.05, 3.63) is 0 Å². The highest BCUT2D eigenvalue weighted by molar-refractivity contribution is 8.03. The zero-order valence-electron chi connectivity index (χ0n) is 5.06. The number of thiol groups is 1. The fourth-order valence-corrected chi connectivity index (χ4v) is 0.625. The first-order chi connectivity index (χ1) is 4.37. The van der Waals surface area contributed by atoms with Crippen molar-refractivity contribution in [3.63, 3.8) is 0 Å². The van der Waals surface area contributed by atoms with Gasteiger partial charge in [0.2, 0.25) is 0 Å². The first-order valence-corrected chi connectivity index (χ1v) is 4.26. The van der Waals surface area contributed by atoms with Crippen molar-refractivity contribution in [2.24, 2.45) is 5.73 Å². The zero-order chi connectivity index (χ0) is 8.41. The molecule has 7 heteroatoms. The minimum atomic E-state index is -4.38. The maximum Gasteiger partial charge on any atom is 0.283 e. The molecule has 0 aliphatic carbocycles. The lowest BCUT2D eigenvalue weighted by Crippen LogP contribution is -2.43. The van der Waals surface area contributed by atoms with Crippen LogP contribution in [-0.2, 0) is 10.1 Å². The number of hydrogen-bond acceptors (Lipinski definition) is 5. The van der Waals surface area contributed by atoms with E-state index in [-0.39, 0.29) is 0 Å². The molecule has 0 fully saturated rings. The second-order valence-electron chi connectivity index (χ2n) is 1.78. The summed E-state index contributed by atoms with van der Waals surface area (Å²) in [6, 6.07) is 0. The van der Waals surface area contributed by atoms with Gasteiger partial charge in [0.25, 0.3) is 10.1 Å². The fourth-order valence-electron chi connectivity index (χ4n) is 0.251. The third kappa shape index (κ3) is 1.83. The molecule has 1 unspecified atom stereocenters. The number of rotatable bonds is 3. The summed E-state index contributed by atoms with van der Waals surface area (Å²) in [6.07, 6.45) is 0. The molecule has 0 heterocycles. The van der Waals surface area contributed by atoms with Gasteiger partial charge < -0.3 is 10.8 Å². The van der Waals surface area contributed by atoms with Gasteiger partial charge in [0.1, 0.15) is 0 Å². The molecule has 0 saturated heterocycles. The van der Waals surface area contributed by atoms with Crippen LogP contribution in [0.3, 0.4) is 0 Å². The van der Waals surface area contributed by atoms with Gasteiger partial charge in [-0.3, -0.25) is 4.55 Å². The molecule has 5 nitrogen and oxygen atoms in total. The summed E-state index contributed by atoms with van der Waals surface area (Å²) in [5.74, 6) is 0. The van der Waals surface area contributed by atoms with Crippen LogP contribution in [0.5, 0.6) is 0 Å². The molecular weight excluding hydrogens is 178 g/mol. The number of aliphatic hydroxyl groups excluding tert-OH is 1. The molecule has 0 spiro atoms. The van der Waals surface area contributed by atoms with E-state index < -0.39 is 27.3 Å². The van der Waals surface area contributed by atoms with E-state index in [2.05, 4.69) is 12.6 Å². The molecular formula is C3H9NO4S2. The maximum absolute atomic E-state index is 10.4. The van der Waals surface area contributed by atoms with Crippen LogP contribution in [0.4, 0.5) is 0 Å². The van der Waals surface area contributed by atoms with Crippen molar-refractivity contribution >= 4 is 22.7 Å². The van der Waals surface area contributed by atoms with Crippen LogP contribution >= 0.6 is 12.6 Å². The summed E-state index contributed by atoms with van der Waals surface area (Å²) in [7, 11) is -4.38. The van der Waals surface area contributed by atoms with E-state index in [0.717, 1.165) is 0 Å². The lowest BCUT2D eigenvalue weighted by atomic mass is 10.4. The van der Waals surface area contributed by atoms with Crippen LogP contribution in [0, 0.1) is 0 Å². The minimum absolute atomic E-state index is 0.439. The van der Waals surface area contributed by atoms with Crippen molar-refractivity contribution in [2.75, 3.05) is 13.2 Å². The molecule has 1 atom stereocenters. The highest BCUT2D eigenvalue weighted by atomic mass is 32.3. The molecule has 0 radical (unpaired) electrons. The Morgan fingerprint density at radius 1 is 1.60 bits per heavy atom. The maximum atomic E-state index is 10.4. The molecule has 0 amide bonds. The van der Waals surface area contributed by atoms with E-state index in [0.29, 0.717) is 0 Å². The summed E-state index contributed by atoms with van der Waals surface area (Å²) < 4.78 is 27.2. The van der Waals surface area contributed by atoms with Crippen molar-refractivity contribution in [2.45, 2.75) is 4.08 Å². The van der Waals surface area contributed by atoms with Gasteiger partial charge >= 0.3 is 0 Å². The fraction of sp³-hybridized carbons (Fsp3) is 1.00. The Labute approximate surface area is 64.4 Å². The van der Waals surface area contributed by atoms with E-state index in [4.69, 9.17) is 15.4 Å². The van der Waals surface area contributed by atoms with Gasteiger partial charge in [-0.05, 0) is 0 Å². The lowest BCUT2D eigenvalue weighted by molar-refractivity contribution is 0.275. The summed E-state index contributed by atoms with van der Waals surface area (Å²) in [6.45, 7) is -1.25. The van der Waals surface area contributed by atoms with E-state index in [1.807, 2.05) is 0 Å². The Hall–Kier alpha value is 0.180. The molecule has 10 heavy (non-hydrogen) atoms. The van der Waals surface area contributed by atoms with E-state index >= 15 is 0 Å². The first-order valence-electron chi connectivity index (χ1n) is 2.38. The van der Waals surface area contributed by atoms with E-state index in [1.54, 1.807) is 0 Å². The van der Waals surface area contributed by atoms with Gasteiger partial charge in [-0.1, -0.05) is 0 Å². The van der Waals surface area contributed by atoms with Crippen LogP contribution in [-0.4, -0.2) is 35.3 Å². The molecule has 0 aromatic heterocycles. The molecule has 0 aromatic carbocycles. The first kappa shape index (κ1) is 10.2. The van der Waals surface area contributed by atoms with Gasteiger partial charge in [0, 0.05) is 6.54 Å². The van der Waals surface area contributed by atoms with Crippen molar-refractivity contribution in [1.82, 2.24) is 0 Å². The van der Waals surface area contributed by atoms with Gasteiger partial charge in [0.05, 0.1) is 6.61 Å². The quantitative estimate of drug-likeness (QED) is 0.316. The zero-order valence-corrected chi connectivity index (χ0v) is 6.77. The molecule has 0 bridgehead atoms. The Kier molecular flexibility index (Phi) is 3.11. The predicted molar refractivity (Wildman–Crippen MR) is 39.4 cm³/mol. The predicted octanol–water partition coefficient (Wildman–Crippen LogP) is -1.55. The Morgan fingerprint density at radius 3 is 2.00 bits per heavy atom. The molecule has 0 aliphatic rings. The lowest BCUT2D eigenvalue weighted by Gasteiger charge is -2.19. The normalized spacial score (nSPS) is 18.4. The summed E-state index contributed by atoms with van der Waals surface area (Å²) >= 11 is 3.49. The van der Waals surface area contributed by atoms with Gasteiger partial charge in [0.15, 0.2) is 4.08 Å². The highest BCUT2D eigenvalue weighted by Crippen LogP contribution is 2.18. The largest absolute Gasteiger partial charge is 0.394 e. The van der Waals surface area contributed by atoms with Crippen LogP contribution < -0.4 is 5.73 Å². The SMILES string of the molecule is NCC(S)(CO)S(=O)(=O)O. The van der Waals surface area contributed by atoms with Crippen LogP contribution in [0.25, 0.3) is 0 Å². The molecule has 0 aliphatic heterocycles. The Morgan fingerprint density at radius 2 is 2.00 bits per heavy atom. The van der Waals surface area contributed by atoms with Crippen molar-refractivity contribution in [3.8, 4) is 0 Å². The van der Waals surface area contributed by atoms with Crippen molar-refractivity contribution in [1.29, 1.82) is 0 Å². The summed E-state index contributed by atoms with van der Waals surface area (Å²) in [5.41, 5.74) is 4.93. The second-order valence-corrected chi connectivity index (χ2v) is 4.67. The summed E-state index contributed by atoms with van der Waals surface area (Å²) in [4.78, 5) is 0. The molecule has 62 valence electrons. The second kappa shape index (κ2) is 3.05. The molecule has 0 aromatic rings. The molecule has 0 rings (SSSR count). The van der Waals surface area contributed by atoms with Gasteiger partial charge in [-0.15, -0.1) is 0 Å². The van der Waals surface area contributed by atoms with Crippen molar-refractivity contribution < 1.29 is 18.1 Å². The van der Waals surface area contributed by atoms with Crippen LogP contribution in [0.1, 0.15) is 0 Å². The topological polar surface area (TPSA) is 101 Å². The Bertz CT molecular complexity index is 195. The third-order valence-electron chi connectivity index (χ3n) is 1.05. The van der Waals surface area contributed by atoms with Gasteiger partial charge in [-0.2, -0.15) is 21.0 Å². The molecule has 0 saturated carbocycles. The average molecular weight is 187 g/mol. The minimum Gasteiger partial charge on any atom is -0.394 e. The number of hydrogen-bond donors (Lipinski definition) is 4. The van der Waals surface area contributed by atoms with Crippen LogP contribution in [0.2, 0.25) is 0 Å². The van der Waals surface area contributed by atoms with E-state index in [1.165, 1.54) is 0 Å². The van der Waals surface area contributed by atoms with E-state index in [9.17, 15) is 8.42 Å². The Balaban J connectivity index is 4.68. The summed E-state index contributed by atoms with van der Waals surface area (Å²) in [5, 5.41) is 8.43. The average Bonchev–Trinajstić information content (AvgIpc) is 1.84. The van der Waals surface area contributed by atoms with Gasteiger partial charge in [-0.25, -0.2) is 0 Å². The highest BCUT2D eigenvalue weighted by Gasteiger charge is 2.37.